The summed E-state index contributed by atoms with van der Waals surface area (Å²) in [6, 6.07) is 9.50. The van der Waals surface area contributed by atoms with Crippen molar-refractivity contribution >= 4 is 17.3 Å². The van der Waals surface area contributed by atoms with E-state index in [2.05, 4.69) is 10.2 Å². The van der Waals surface area contributed by atoms with Crippen molar-refractivity contribution in [3.8, 4) is 0 Å². The van der Waals surface area contributed by atoms with E-state index in [9.17, 15) is 18.0 Å². The first-order valence-corrected chi connectivity index (χ1v) is 10.0. The maximum atomic E-state index is 13.6. The second-order valence-corrected chi connectivity index (χ2v) is 8.34. The van der Waals surface area contributed by atoms with Crippen LogP contribution in [0.1, 0.15) is 32.9 Å². The Morgan fingerprint density at radius 2 is 2.00 bits per heavy atom. The molecule has 0 saturated carbocycles. The fourth-order valence-electron chi connectivity index (χ4n) is 4.39. The molecule has 2 aliphatic heterocycles. The molecule has 2 N–H and O–H groups in total. The third-order valence-electron chi connectivity index (χ3n) is 6.20. The highest BCUT2D eigenvalue weighted by Crippen LogP contribution is 2.41. The molecule has 0 atom stereocenters. The molecule has 5 rings (SSSR count). The summed E-state index contributed by atoms with van der Waals surface area (Å²) in [6.45, 7) is 0.790. The van der Waals surface area contributed by atoms with Crippen LogP contribution in [0.2, 0.25) is 0 Å². The zero-order valence-corrected chi connectivity index (χ0v) is 17.2. The molecule has 32 heavy (non-hydrogen) atoms. The molecule has 1 saturated heterocycles. The number of aromatic nitrogens is 3. The largest absolute Gasteiger partial charge is 0.416 e. The Morgan fingerprint density at radius 1 is 1.22 bits per heavy atom. The van der Waals surface area contributed by atoms with Gasteiger partial charge in [0, 0.05) is 35.8 Å². The van der Waals surface area contributed by atoms with Gasteiger partial charge in [0.05, 0.1) is 25.3 Å². The van der Waals surface area contributed by atoms with Crippen LogP contribution in [0.15, 0.2) is 42.7 Å². The van der Waals surface area contributed by atoms with Gasteiger partial charge >= 0.3 is 6.18 Å². The molecule has 1 amide bonds. The third-order valence-corrected chi connectivity index (χ3v) is 6.20. The highest BCUT2D eigenvalue weighted by Gasteiger charge is 2.43. The normalized spacial score (nSPS) is 17.4. The number of hydrogen-bond donors (Lipinski definition) is 1. The average Bonchev–Trinajstić information content (AvgIpc) is 3.26. The van der Waals surface area contributed by atoms with Crippen LogP contribution >= 0.6 is 0 Å². The summed E-state index contributed by atoms with van der Waals surface area (Å²) in [7, 11) is 1.86. The Labute approximate surface area is 181 Å². The predicted molar refractivity (Wildman–Crippen MR) is 110 cm³/mol. The van der Waals surface area contributed by atoms with Gasteiger partial charge in [0.1, 0.15) is 12.2 Å². The molecule has 2 aliphatic rings. The van der Waals surface area contributed by atoms with Gasteiger partial charge in [-0.15, -0.1) is 10.2 Å². The van der Waals surface area contributed by atoms with E-state index in [1.807, 2.05) is 23.7 Å². The lowest BCUT2D eigenvalue weighted by atomic mass is 9.75. The van der Waals surface area contributed by atoms with Gasteiger partial charge in [-0.2, -0.15) is 13.2 Å². The van der Waals surface area contributed by atoms with Crippen LogP contribution in [0, 0.1) is 0 Å². The molecule has 10 heteroatoms. The van der Waals surface area contributed by atoms with E-state index in [-0.39, 0.29) is 28.8 Å². The Hall–Kier alpha value is -3.40. The van der Waals surface area contributed by atoms with Crippen molar-refractivity contribution < 1.29 is 22.7 Å². The van der Waals surface area contributed by atoms with Gasteiger partial charge in [-0.3, -0.25) is 4.79 Å². The minimum atomic E-state index is -4.60. The highest BCUT2D eigenvalue weighted by atomic mass is 19.4. The first kappa shape index (κ1) is 20.5. The van der Waals surface area contributed by atoms with Gasteiger partial charge < -0.3 is 19.9 Å². The summed E-state index contributed by atoms with van der Waals surface area (Å²) in [6.07, 6.45) is -2.38. The van der Waals surface area contributed by atoms with Crippen molar-refractivity contribution in [2.75, 3.05) is 23.8 Å². The molecule has 166 valence electrons. The van der Waals surface area contributed by atoms with E-state index in [0.717, 1.165) is 17.5 Å². The van der Waals surface area contributed by atoms with E-state index in [1.165, 1.54) is 11.0 Å². The fourth-order valence-corrected chi connectivity index (χ4v) is 4.39. The summed E-state index contributed by atoms with van der Waals surface area (Å²) in [5.41, 5.74) is 5.76. The third kappa shape index (κ3) is 3.22. The number of alkyl halides is 3. The van der Waals surface area contributed by atoms with Crippen LogP contribution in [-0.4, -0.2) is 33.9 Å². The topological polar surface area (TPSA) is 86.3 Å². The maximum absolute atomic E-state index is 13.6. The summed E-state index contributed by atoms with van der Waals surface area (Å²) in [5.74, 6) is 0.302. The summed E-state index contributed by atoms with van der Waals surface area (Å²) in [4.78, 5) is 14.4. The molecule has 0 bridgehead atoms. The minimum absolute atomic E-state index is 0.0106. The van der Waals surface area contributed by atoms with E-state index in [1.54, 1.807) is 18.5 Å². The Balaban J connectivity index is 1.50. The number of nitrogens with two attached hydrogens (primary N) is 1. The number of aryl methyl sites for hydroxylation is 1. The number of hydrogen-bond acceptors (Lipinski definition) is 5. The Kier molecular flexibility index (Phi) is 4.52. The Bertz CT molecular complexity index is 1220. The minimum Gasteiger partial charge on any atom is -0.399 e. The van der Waals surface area contributed by atoms with E-state index >= 15 is 0 Å². The standard InChI is InChI=1S/C22H20F3N5O2/c1-29-12-27-28-19(29)8-21(10-32-11-21)13-3-2-4-15(5-13)30-9-17-16(20(30)31)6-14(26)7-18(17)22(23,24)25/h2-7,12H,8-11,26H2,1H3. The molecule has 0 unspecified atom stereocenters. The van der Waals surface area contributed by atoms with E-state index < -0.39 is 17.6 Å². The number of nitrogens with zero attached hydrogens (tertiary/aromatic N) is 4. The van der Waals surface area contributed by atoms with Crippen molar-refractivity contribution in [3.63, 3.8) is 0 Å². The van der Waals surface area contributed by atoms with Crippen molar-refractivity contribution in [2.45, 2.75) is 24.6 Å². The quantitative estimate of drug-likeness (QED) is 0.627. The number of benzene rings is 2. The molecule has 1 fully saturated rings. The number of carbonyl (C=O) groups is 1. The molecular formula is C22H20F3N5O2. The zero-order chi connectivity index (χ0) is 22.7. The molecule has 7 nitrogen and oxygen atoms in total. The lowest BCUT2D eigenvalue weighted by Crippen LogP contribution is -2.49. The first-order valence-electron chi connectivity index (χ1n) is 10.0. The first-order chi connectivity index (χ1) is 15.2. The molecule has 0 aliphatic carbocycles. The summed E-state index contributed by atoms with van der Waals surface area (Å²) >= 11 is 0. The smallest absolute Gasteiger partial charge is 0.399 e. The van der Waals surface area contributed by atoms with Gasteiger partial charge in [-0.25, -0.2) is 0 Å². The average molecular weight is 443 g/mol. The van der Waals surface area contributed by atoms with Crippen molar-refractivity contribution in [3.05, 3.63) is 70.8 Å². The van der Waals surface area contributed by atoms with Gasteiger partial charge in [-0.05, 0) is 35.4 Å². The summed E-state index contributed by atoms with van der Waals surface area (Å²) < 4.78 is 48.0. The van der Waals surface area contributed by atoms with E-state index in [0.29, 0.717) is 25.3 Å². The molecule has 3 aromatic rings. The molecule has 3 heterocycles. The van der Waals surface area contributed by atoms with Crippen molar-refractivity contribution in [2.24, 2.45) is 7.05 Å². The zero-order valence-electron chi connectivity index (χ0n) is 17.2. The number of ether oxygens (including phenoxy) is 1. The molecule has 2 aromatic carbocycles. The SMILES string of the molecule is Cn1cnnc1CC1(c2cccc(N3Cc4c(cc(N)cc4C(F)(F)F)C3=O)c2)COC1. The van der Waals surface area contributed by atoms with Gasteiger partial charge in [0.2, 0.25) is 0 Å². The highest BCUT2D eigenvalue weighted by molar-refractivity contribution is 6.10. The molecule has 0 spiro atoms. The summed E-state index contributed by atoms with van der Waals surface area (Å²) in [5, 5.41) is 8.09. The molecule has 1 aromatic heterocycles. The van der Waals surface area contributed by atoms with Crippen LogP contribution in [0.3, 0.4) is 0 Å². The Morgan fingerprint density at radius 3 is 2.62 bits per heavy atom. The lowest BCUT2D eigenvalue weighted by Gasteiger charge is -2.42. The number of anilines is 2. The van der Waals surface area contributed by atoms with Gasteiger partial charge in [-0.1, -0.05) is 12.1 Å². The number of nitrogen functional groups attached to an aromatic ring is 1. The number of carbonyl (C=O) groups excluding carboxylic acids is 1. The second kappa shape index (κ2) is 7.06. The van der Waals surface area contributed by atoms with Crippen molar-refractivity contribution in [1.82, 2.24) is 14.8 Å². The van der Waals surface area contributed by atoms with Crippen LogP contribution in [-0.2, 0) is 36.3 Å². The van der Waals surface area contributed by atoms with E-state index in [4.69, 9.17) is 10.5 Å². The number of amides is 1. The number of fused-ring (bicyclic) bond motifs is 1. The van der Waals surface area contributed by atoms with Crippen LogP contribution < -0.4 is 10.6 Å². The number of rotatable bonds is 4. The number of halogens is 3. The monoisotopic (exact) mass is 443 g/mol. The van der Waals surface area contributed by atoms with Crippen LogP contribution in [0.4, 0.5) is 24.5 Å². The van der Waals surface area contributed by atoms with Gasteiger partial charge in [0.25, 0.3) is 5.91 Å². The fraction of sp³-hybridized carbons (Fsp3) is 0.318. The van der Waals surface area contributed by atoms with Gasteiger partial charge in [0.15, 0.2) is 0 Å². The van der Waals surface area contributed by atoms with Crippen LogP contribution in [0.25, 0.3) is 0 Å². The second-order valence-electron chi connectivity index (χ2n) is 8.34. The van der Waals surface area contributed by atoms with Crippen molar-refractivity contribution in [1.29, 1.82) is 0 Å². The molecule has 0 radical (unpaired) electrons. The lowest BCUT2D eigenvalue weighted by molar-refractivity contribution is -0.138. The maximum Gasteiger partial charge on any atom is 0.416 e. The molecular weight excluding hydrogens is 423 g/mol. The predicted octanol–water partition coefficient (Wildman–Crippen LogP) is 3.09. The van der Waals surface area contributed by atoms with Crippen LogP contribution in [0.5, 0.6) is 0 Å².